The summed E-state index contributed by atoms with van der Waals surface area (Å²) in [4.78, 5) is 11.7. The molecule has 0 aromatic heterocycles. The van der Waals surface area contributed by atoms with Gasteiger partial charge in [-0.05, 0) is 19.3 Å². The van der Waals surface area contributed by atoms with Crippen LogP contribution in [0.3, 0.4) is 0 Å². The van der Waals surface area contributed by atoms with Crippen molar-refractivity contribution in [3.8, 4) is 0 Å². The molecular weight excluding hydrogens is 166 g/mol. The van der Waals surface area contributed by atoms with Gasteiger partial charge in [-0.25, -0.2) is 0 Å². The molecule has 0 amide bonds. The monoisotopic (exact) mass is 185 g/mol. The SMILES string of the molecule is CCC(C)C(=O)C1CCC(CN)O1. The second-order valence-corrected chi connectivity index (χ2v) is 3.77. The van der Waals surface area contributed by atoms with E-state index in [4.69, 9.17) is 10.5 Å². The summed E-state index contributed by atoms with van der Waals surface area (Å²) in [5, 5.41) is 0. The molecule has 1 saturated heterocycles. The van der Waals surface area contributed by atoms with Gasteiger partial charge >= 0.3 is 0 Å². The van der Waals surface area contributed by atoms with E-state index in [-0.39, 0.29) is 23.9 Å². The molecule has 1 aliphatic rings. The second kappa shape index (κ2) is 4.72. The van der Waals surface area contributed by atoms with Crippen LogP contribution in [0.2, 0.25) is 0 Å². The van der Waals surface area contributed by atoms with Crippen molar-refractivity contribution in [2.75, 3.05) is 6.54 Å². The lowest BCUT2D eigenvalue weighted by molar-refractivity contribution is -0.133. The van der Waals surface area contributed by atoms with Crippen LogP contribution in [-0.4, -0.2) is 24.5 Å². The fraction of sp³-hybridized carbons (Fsp3) is 0.900. The van der Waals surface area contributed by atoms with Crippen molar-refractivity contribution in [3.63, 3.8) is 0 Å². The number of ether oxygens (including phenoxy) is 1. The Morgan fingerprint density at radius 1 is 1.62 bits per heavy atom. The number of rotatable bonds is 4. The first-order valence-electron chi connectivity index (χ1n) is 5.08. The number of Topliss-reactive ketones (excluding diaryl/α,β-unsaturated/α-hetero) is 1. The van der Waals surface area contributed by atoms with Gasteiger partial charge in [0.25, 0.3) is 0 Å². The quantitative estimate of drug-likeness (QED) is 0.713. The normalized spacial score (nSPS) is 30.4. The van der Waals surface area contributed by atoms with Gasteiger partial charge in [-0.3, -0.25) is 4.79 Å². The van der Waals surface area contributed by atoms with Gasteiger partial charge in [0.05, 0.1) is 6.10 Å². The topological polar surface area (TPSA) is 52.3 Å². The molecule has 2 N–H and O–H groups in total. The van der Waals surface area contributed by atoms with Gasteiger partial charge in [-0.1, -0.05) is 13.8 Å². The molecule has 1 fully saturated rings. The van der Waals surface area contributed by atoms with Crippen LogP contribution >= 0.6 is 0 Å². The average molecular weight is 185 g/mol. The Morgan fingerprint density at radius 3 is 2.77 bits per heavy atom. The molecule has 0 aliphatic carbocycles. The van der Waals surface area contributed by atoms with Crippen molar-refractivity contribution in [2.45, 2.75) is 45.3 Å². The molecule has 3 heteroatoms. The molecule has 0 spiro atoms. The second-order valence-electron chi connectivity index (χ2n) is 3.77. The maximum Gasteiger partial charge on any atom is 0.164 e. The minimum Gasteiger partial charge on any atom is -0.366 e. The standard InChI is InChI=1S/C10H19NO2/c1-3-7(2)10(12)9-5-4-8(6-11)13-9/h7-9H,3-6,11H2,1-2H3. The zero-order chi connectivity index (χ0) is 9.84. The minimum atomic E-state index is -0.177. The van der Waals surface area contributed by atoms with Gasteiger partial charge in [0, 0.05) is 12.5 Å². The Hall–Kier alpha value is -0.410. The Balaban J connectivity index is 2.41. The molecule has 1 rings (SSSR count). The average Bonchev–Trinajstić information content (AvgIpc) is 2.63. The van der Waals surface area contributed by atoms with E-state index in [1.54, 1.807) is 0 Å². The molecule has 0 aromatic carbocycles. The minimum absolute atomic E-state index is 0.109. The summed E-state index contributed by atoms with van der Waals surface area (Å²) in [6, 6.07) is 0. The van der Waals surface area contributed by atoms with Crippen LogP contribution in [0.25, 0.3) is 0 Å². The Kier molecular flexibility index (Phi) is 3.88. The van der Waals surface area contributed by atoms with Crippen LogP contribution in [0.4, 0.5) is 0 Å². The predicted octanol–water partition coefficient (Wildman–Crippen LogP) is 1.11. The van der Waals surface area contributed by atoms with Crippen LogP contribution in [0.15, 0.2) is 0 Å². The molecule has 13 heavy (non-hydrogen) atoms. The van der Waals surface area contributed by atoms with E-state index < -0.39 is 0 Å². The zero-order valence-electron chi connectivity index (χ0n) is 8.45. The lowest BCUT2D eigenvalue weighted by atomic mass is 9.98. The van der Waals surface area contributed by atoms with Crippen LogP contribution in [-0.2, 0) is 9.53 Å². The van der Waals surface area contributed by atoms with Crippen LogP contribution in [0.1, 0.15) is 33.1 Å². The molecular formula is C10H19NO2. The highest BCUT2D eigenvalue weighted by atomic mass is 16.5. The molecule has 3 unspecified atom stereocenters. The number of carbonyl (C=O) groups is 1. The van der Waals surface area contributed by atoms with Crippen LogP contribution in [0, 0.1) is 5.92 Å². The highest BCUT2D eigenvalue weighted by Crippen LogP contribution is 2.22. The van der Waals surface area contributed by atoms with E-state index in [2.05, 4.69) is 0 Å². The van der Waals surface area contributed by atoms with Crippen molar-refractivity contribution in [2.24, 2.45) is 11.7 Å². The van der Waals surface area contributed by atoms with Gasteiger partial charge in [0.2, 0.25) is 0 Å². The molecule has 0 bridgehead atoms. The first-order chi connectivity index (χ1) is 6.19. The molecule has 1 aliphatic heterocycles. The Bertz CT molecular complexity index is 182. The summed E-state index contributed by atoms with van der Waals surface area (Å²) in [6.45, 7) is 4.52. The third-order valence-corrected chi connectivity index (χ3v) is 2.79. The molecule has 3 atom stereocenters. The Morgan fingerprint density at radius 2 is 2.31 bits per heavy atom. The first kappa shape index (κ1) is 10.7. The maximum atomic E-state index is 11.7. The summed E-state index contributed by atoms with van der Waals surface area (Å²) in [5.41, 5.74) is 5.47. The van der Waals surface area contributed by atoms with Gasteiger partial charge in [-0.2, -0.15) is 0 Å². The number of carbonyl (C=O) groups excluding carboxylic acids is 1. The van der Waals surface area contributed by atoms with E-state index in [0.29, 0.717) is 6.54 Å². The van der Waals surface area contributed by atoms with Gasteiger partial charge in [0.1, 0.15) is 6.10 Å². The third kappa shape index (κ3) is 2.51. The van der Waals surface area contributed by atoms with Crippen molar-refractivity contribution in [1.82, 2.24) is 0 Å². The number of ketones is 1. The van der Waals surface area contributed by atoms with Crippen molar-refractivity contribution in [1.29, 1.82) is 0 Å². The van der Waals surface area contributed by atoms with E-state index in [9.17, 15) is 4.79 Å². The highest BCUT2D eigenvalue weighted by molar-refractivity contribution is 5.85. The summed E-state index contributed by atoms with van der Waals surface area (Å²) in [7, 11) is 0. The fourth-order valence-electron chi connectivity index (χ4n) is 1.61. The molecule has 76 valence electrons. The van der Waals surface area contributed by atoms with Gasteiger partial charge < -0.3 is 10.5 Å². The summed E-state index contributed by atoms with van der Waals surface area (Å²) in [6.07, 6.45) is 2.61. The number of hydrogen-bond acceptors (Lipinski definition) is 3. The van der Waals surface area contributed by atoms with E-state index in [0.717, 1.165) is 19.3 Å². The lowest BCUT2D eigenvalue weighted by Crippen LogP contribution is -2.28. The zero-order valence-corrected chi connectivity index (χ0v) is 8.45. The molecule has 0 aromatic rings. The smallest absolute Gasteiger partial charge is 0.164 e. The largest absolute Gasteiger partial charge is 0.366 e. The van der Waals surface area contributed by atoms with E-state index >= 15 is 0 Å². The molecule has 3 nitrogen and oxygen atoms in total. The predicted molar refractivity (Wildman–Crippen MR) is 51.4 cm³/mol. The van der Waals surface area contributed by atoms with Crippen molar-refractivity contribution in [3.05, 3.63) is 0 Å². The van der Waals surface area contributed by atoms with E-state index in [1.807, 2.05) is 13.8 Å². The third-order valence-electron chi connectivity index (χ3n) is 2.79. The lowest BCUT2D eigenvalue weighted by Gasteiger charge is -2.14. The van der Waals surface area contributed by atoms with Crippen LogP contribution < -0.4 is 5.73 Å². The van der Waals surface area contributed by atoms with Crippen LogP contribution in [0.5, 0.6) is 0 Å². The van der Waals surface area contributed by atoms with Crippen molar-refractivity contribution >= 4 is 5.78 Å². The summed E-state index contributed by atoms with van der Waals surface area (Å²) < 4.78 is 5.52. The van der Waals surface area contributed by atoms with Gasteiger partial charge in [-0.15, -0.1) is 0 Å². The van der Waals surface area contributed by atoms with Crippen molar-refractivity contribution < 1.29 is 9.53 Å². The summed E-state index contributed by atoms with van der Waals surface area (Å²) >= 11 is 0. The summed E-state index contributed by atoms with van der Waals surface area (Å²) in [5.74, 6) is 0.375. The first-order valence-corrected chi connectivity index (χ1v) is 5.08. The number of nitrogens with two attached hydrogens (primary N) is 1. The fourth-order valence-corrected chi connectivity index (χ4v) is 1.61. The van der Waals surface area contributed by atoms with Gasteiger partial charge in [0.15, 0.2) is 5.78 Å². The molecule has 0 radical (unpaired) electrons. The number of hydrogen-bond donors (Lipinski definition) is 1. The van der Waals surface area contributed by atoms with E-state index in [1.165, 1.54) is 0 Å². The highest BCUT2D eigenvalue weighted by Gasteiger charge is 2.31. The molecule has 1 heterocycles. The Labute approximate surface area is 79.6 Å². The maximum absolute atomic E-state index is 11.7. The molecule has 0 saturated carbocycles.